The first kappa shape index (κ1) is 26.8. The first-order chi connectivity index (χ1) is 14.5. The third kappa shape index (κ3) is 7.73. The maximum absolute atomic E-state index is 13.0. The molecule has 6 atom stereocenters. The summed E-state index contributed by atoms with van der Waals surface area (Å²) in [4.78, 5) is 50.6. The highest BCUT2D eigenvalue weighted by Crippen LogP contribution is 2.20. The molecule has 1 fully saturated rings. The van der Waals surface area contributed by atoms with E-state index in [-0.39, 0.29) is 13.0 Å². The quantitative estimate of drug-likeness (QED) is 0.155. The van der Waals surface area contributed by atoms with Crippen molar-refractivity contribution in [1.29, 1.82) is 0 Å². The van der Waals surface area contributed by atoms with Crippen molar-refractivity contribution in [3.05, 3.63) is 0 Å². The molecule has 12 heteroatoms. The van der Waals surface area contributed by atoms with Crippen molar-refractivity contribution in [2.45, 2.75) is 82.3 Å². The molecule has 3 amide bonds. The molecule has 1 heterocycles. The van der Waals surface area contributed by atoms with Gasteiger partial charge in [0.25, 0.3) is 0 Å². The molecule has 0 radical (unpaired) electrons. The van der Waals surface area contributed by atoms with Crippen LogP contribution in [-0.2, 0) is 19.2 Å². The number of aliphatic hydroxyl groups is 2. The van der Waals surface area contributed by atoms with Gasteiger partial charge in [-0.1, -0.05) is 0 Å². The van der Waals surface area contributed by atoms with Crippen molar-refractivity contribution in [3.63, 3.8) is 0 Å². The predicted octanol–water partition coefficient (Wildman–Crippen LogP) is -2.75. The number of carbonyl (C=O) groups is 4. The van der Waals surface area contributed by atoms with Crippen molar-refractivity contribution in [2.75, 3.05) is 13.1 Å². The van der Waals surface area contributed by atoms with E-state index in [1.54, 1.807) is 0 Å². The van der Waals surface area contributed by atoms with Crippen LogP contribution < -0.4 is 22.1 Å². The van der Waals surface area contributed by atoms with E-state index in [1.165, 1.54) is 18.7 Å². The SMILES string of the molecule is CC(O)C(N)C(=O)NC(C(=O)NC(CCCCN)C(=O)N1CCCC1C(=O)O)C(C)O. The van der Waals surface area contributed by atoms with Gasteiger partial charge in [-0.05, 0) is 52.5 Å². The number of nitrogens with two attached hydrogens (primary N) is 2. The van der Waals surface area contributed by atoms with Gasteiger partial charge in [0.15, 0.2) is 0 Å². The minimum Gasteiger partial charge on any atom is -0.480 e. The summed E-state index contributed by atoms with van der Waals surface area (Å²) in [7, 11) is 0. The molecule has 31 heavy (non-hydrogen) atoms. The third-order valence-electron chi connectivity index (χ3n) is 5.27. The molecule has 12 nitrogen and oxygen atoms in total. The van der Waals surface area contributed by atoms with Crippen LogP contribution in [0.1, 0.15) is 46.0 Å². The maximum atomic E-state index is 13.0. The van der Waals surface area contributed by atoms with Crippen LogP contribution in [-0.4, -0.2) is 93.4 Å². The van der Waals surface area contributed by atoms with E-state index in [9.17, 15) is 34.5 Å². The lowest BCUT2D eigenvalue weighted by atomic mass is 10.0. The van der Waals surface area contributed by atoms with Gasteiger partial charge in [0.1, 0.15) is 24.2 Å². The fourth-order valence-corrected chi connectivity index (χ4v) is 3.37. The zero-order valence-corrected chi connectivity index (χ0v) is 18.0. The fraction of sp³-hybridized carbons (Fsp3) is 0.789. The van der Waals surface area contributed by atoms with Crippen LogP contribution in [0.5, 0.6) is 0 Å². The Hall–Kier alpha value is -2.28. The lowest BCUT2D eigenvalue weighted by Gasteiger charge is -2.29. The third-order valence-corrected chi connectivity index (χ3v) is 5.27. The lowest BCUT2D eigenvalue weighted by Crippen LogP contribution is -2.60. The Morgan fingerprint density at radius 1 is 1.06 bits per heavy atom. The number of nitrogens with zero attached hydrogens (tertiary/aromatic N) is 1. The van der Waals surface area contributed by atoms with E-state index in [0.29, 0.717) is 32.2 Å². The number of unbranched alkanes of at least 4 members (excludes halogenated alkanes) is 1. The number of nitrogens with one attached hydrogen (secondary N) is 2. The second kappa shape index (κ2) is 12.5. The van der Waals surface area contributed by atoms with Crippen molar-refractivity contribution in [1.82, 2.24) is 15.5 Å². The largest absolute Gasteiger partial charge is 0.480 e. The Morgan fingerprint density at radius 2 is 1.71 bits per heavy atom. The molecule has 0 saturated carbocycles. The number of aliphatic hydroxyl groups excluding tert-OH is 2. The highest BCUT2D eigenvalue weighted by atomic mass is 16.4. The van der Waals surface area contributed by atoms with Crippen LogP contribution in [0.2, 0.25) is 0 Å². The Morgan fingerprint density at radius 3 is 2.23 bits per heavy atom. The first-order valence-corrected chi connectivity index (χ1v) is 10.5. The zero-order chi connectivity index (χ0) is 23.7. The van der Waals surface area contributed by atoms with E-state index in [0.717, 1.165) is 0 Å². The van der Waals surface area contributed by atoms with Gasteiger partial charge in [-0.2, -0.15) is 0 Å². The Labute approximate surface area is 181 Å². The Balaban J connectivity index is 2.97. The maximum Gasteiger partial charge on any atom is 0.326 e. The van der Waals surface area contributed by atoms with Gasteiger partial charge in [-0.15, -0.1) is 0 Å². The van der Waals surface area contributed by atoms with E-state index in [4.69, 9.17) is 11.5 Å². The van der Waals surface area contributed by atoms with Crippen molar-refractivity contribution in [2.24, 2.45) is 11.5 Å². The van der Waals surface area contributed by atoms with Gasteiger partial charge in [0, 0.05) is 6.54 Å². The molecule has 178 valence electrons. The first-order valence-electron chi connectivity index (χ1n) is 10.5. The molecule has 1 saturated heterocycles. The van der Waals surface area contributed by atoms with Gasteiger partial charge >= 0.3 is 5.97 Å². The molecule has 9 N–H and O–H groups in total. The summed E-state index contributed by atoms with van der Waals surface area (Å²) >= 11 is 0. The molecule has 0 bridgehead atoms. The number of rotatable bonds is 12. The number of carbonyl (C=O) groups excluding carboxylic acids is 3. The van der Waals surface area contributed by atoms with Crippen molar-refractivity contribution >= 4 is 23.7 Å². The standard InChI is InChI=1S/C19H35N5O7/c1-10(25)14(21)16(27)23-15(11(2)26)17(28)22-12(6-3-4-8-20)18(29)24-9-5-7-13(24)19(30)31/h10-15,25-26H,3-9,20-21H2,1-2H3,(H,22,28)(H,23,27)(H,30,31). The smallest absolute Gasteiger partial charge is 0.326 e. The molecule has 1 aliphatic heterocycles. The fourth-order valence-electron chi connectivity index (χ4n) is 3.37. The number of likely N-dealkylation sites (tertiary alicyclic amines) is 1. The van der Waals surface area contributed by atoms with Crippen LogP contribution in [0.25, 0.3) is 0 Å². The molecule has 1 aliphatic rings. The predicted molar refractivity (Wildman–Crippen MR) is 110 cm³/mol. The monoisotopic (exact) mass is 445 g/mol. The average Bonchev–Trinajstić information content (AvgIpc) is 3.19. The van der Waals surface area contributed by atoms with Crippen LogP contribution in [0.4, 0.5) is 0 Å². The summed E-state index contributed by atoms with van der Waals surface area (Å²) in [5, 5.41) is 33.6. The average molecular weight is 446 g/mol. The van der Waals surface area contributed by atoms with E-state index in [1.807, 2.05) is 0 Å². The van der Waals surface area contributed by atoms with E-state index >= 15 is 0 Å². The summed E-state index contributed by atoms with van der Waals surface area (Å²) in [6.07, 6.45) is -0.295. The lowest BCUT2D eigenvalue weighted by molar-refractivity contribution is -0.149. The molecule has 0 aromatic heterocycles. The van der Waals surface area contributed by atoms with Crippen LogP contribution in [0.3, 0.4) is 0 Å². The number of carboxylic acids is 1. The molecule has 1 rings (SSSR count). The summed E-state index contributed by atoms with van der Waals surface area (Å²) < 4.78 is 0. The summed E-state index contributed by atoms with van der Waals surface area (Å²) in [5.74, 6) is -3.31. The normalized spacial score (nSPS) is 21.0. The molecule has 0 aromatic carbocycles. The summed E-state index contributed by atoms with van der Waals surface area (Å²) in [6, 6.07) is -4.73. The number of hydrogen-bond donors (Lipinski definition) is 7. The van der Waals surface area contributed by atoms with Gasteiger partial charge in [0.05, 0.1) is 12.2 Å². The van der Waals surface area contributed by atoms with Gasteiger partial charge in [-0.3, -0.25) is 14.4 Å². The molecule has 0 aromatic rings. The van der Waals surface area contributed by atoms with Gasteiger partial charge in [-0.25, -0.2) is 4.79 Å². The van der Waals surface area contributed by atoms with E-state index in [2.05, 4.69) is 10.6 Å². The summed E-state index contributed by atoms with van der Waals surface area (Å²) in [6.45, 7) is 3.24. The van der Waals surface area contributed by atoms with Crippen LogP contribution in [0.15, 0.2) is 0 Å². The number of carboxylic acid groups (broad SMARTS) is 1. The van der Waals surface area contributed by atoms with Crippen molar-refractivity contribution < 1.29 is 34.5 Å². The molecular weight excluding hydrogens is 410 g/mol. The molecule has 6 unspecified atom stereocenters. The topological polar surface area (TPSA) is 208 Å². The zero-order valence-electron chi connectivity index (χ0n) is 18.0. The van der Waals surface area contributed by atoms with Crippen molar-refractivity contribution in [3.8, 4) is 0 Å². The van der Waals surface area contributed by atoms with Crippen LogP contribution >= 0.6 is 0 Å². The molecule has 0 aliphatic carbocycles. The van der Waals surface area contributed by atoms with Gasteiger partial charge in [0.2, 0.25) is 17.7 Å². The highest BCUT2D eigenvalue weighted by Gasteiger charge is 2.38. The molecular formula is C19H35N5O7. The van der Waals surface area contributed by atoms with Crippen LogP contribution in [0, 0.1) is 0 Å². The second-order valence-electron chi connectivity index (χ2n) is 7.87. The number of hydrogen-bond acceptors (Lipinski definition) is 8. The van der Waals surface area contributed by atoms with E-state index < -0.39 is 60.1 Å². The summed E-state index contributed by atoms with van der Waals surface area (Å²) in [5.41, 5.74) is 11.1. The highest BCUT2D eigenvalue weighted by molar-refractivity contribution is 5.94. The molecule has 0 spiro atoms. The number of aliphatic carboxylic acids is 1. The number of amides is 3. The second-order valence-corrected chi connectivity index (χ2v) is 7.87. The van der Waals surface area contributed by atoms with Gasteiger partial charge < -0.3 is 42.3 Å². The minimum atomic E-state index is -1.42. The Bertz CT molecular complexity index is 643. The Kier molecular flexibility index (Phi) is 10.8. The minimum absolute atomic E-state index is 0.221.